The molecule has 2 aromatic heterocycles. The smallest absolute Gasteiger partial charge is 0.328 e. The van der Waals surface area contributed by atoms with Crippen LogP contribution < -0.4 is 13.9 Å². The Bertz CT molecular complexity index is 1100. The number of fused-ring (bicyclic) bond motifs is 2. The third-order valence-electron chi connectivity index (χ3n) is 5.24. The summed E-state index contributed by atoms with van der Waals surface area (Å²) < 4.78 is 30.5. The van der Waals surface area contributed by atoms with Crippen LogP contribution in [-0.2, 0) is 10.2 Å². The van der Waals surface area contributed by atoms with Gasteiger partial charge in [0, 0.05) is 18.3 Å². The third kappa shape index (κ3) is 2.64. The molecular formula is C19H21N5O2S2. The molecule has 0 bridgehead atoms. The van der Waals surface area contributed by atoms with Gasteiger partial charge in [-0.05, 0) is 51.0 Å². The second-order valence-electron chi connectivity index (χ2n) is 7.49. The number of hydrogen-bond donors (Lipinski definition) is 1. The molecule has 146 valence electrons. The van der Waals surface area contributed by atoms with Crippen LogP contribution in [0.25, 0.3) is 10.2 Å². The number of benzene rings is 1. The van der Waals surface area contributed by atoms with E-state index >= 15 is 0 Å². The van der Waals surface area contributed by atoms with Gasteiger partial charge in [-0.25, -0.2) is 18.6 Å². The van der Waals surface area contributed by atoms with E-state index in [4.69, 9.17) is 0 Å². The van der Waals surface area contributed by atoms with Gasteiger partial charge < -0.3 is 5.32 Å². The first kappa shape index (κ1) is 17.7. The summed E-state index contributed by atoms with van der Waals surface area (Å²) in [5.74, 6) is 0.541. The lowest BCUT2D eigenvalue weighted by Gasteiger charge is -2.41. The summed E-state index contributed by atoms with van der Waals surface area (Å²) in [5.41, 5.74) is 1.65. The molecule has 5 rings (SSSR count). The number of rotatable bonds is 4. The van der Waals surface area contributed by atoms with Crippen molar-refractivity contribution in [2.45, 2.75) is 44.8 Å². The van der Waals surface area contributed by atoms with Gasteiger partial charge in [-0.1, -0.05) is 23.5 Å². The highest BCUT2D eigenvalue weighted by molar-refractivity contribution is 7.94. The summed E-state index contributed by atoms with van der Waals surface area (Å²) >= 11 is 1.63. The van der Waals surface area contributed by atoms with Crippen molar-refractivity contribution in [3.8, 4) is 0 Å². The Kier molecular flexibility index (Phi) is 3.99. The molecular weight excluding hydrogens is 394 g/mol. The minimum absolute atomic E-state index is 0.0886. The van der Waals surface area contributed by atoms with Crippen LogP contribution >= 0.6 is 11.3 Å². The van der Waals surface area contributed by atoms with E-state index in [0.717, 1.165) is 28.2 Å². The second kappa shape index (κ2) is 6.31. The van der Waals surface area contributed by atoms with Crippen LogP contribution in [0.2, 0.25) is 0 Å². The first-order valence-corrected chi connectivity index (χ1v) is 11.6. The van der Waals surface area contributed by atoms with Crippen molar-refractivity contribution >= 4 is 48.4 Å². The summed E-state index contributed by atoms with van der Waals surface area (Å²) in [5, 5.41) is 4.34. The zero-order valence-corrected chi connectivity index (χ0v) is 17.2. The summed E-state index contributed by atoms with van der Waals surface area (Å²) in [6.45, 7) is 3.77. The van der Waals surface area contributed by atoms with E-state index in [2.05, 4.69) is 21.4 Å². The Morgan fingerprint density at radius 3 is 2.71 bits per heavy atom. The van der Waals surface area contributed by atoms with Crippen molar-refractivity contribution in [2.24, 2.45) is 0 Å². The molecule has 0 amide bonds. The predicted molar refractivity (Wildman–Crippen MR) is 113 cm³/mol. The number of para-hydroxylation sites is 1. The molecule has 1 aliphatic heterocycles. The van der Waals surface area contributed by atoms with E-state index in [9.17, 15) is 8.42 Å². The van der Waals surface area contributed by atoms with Crippen LogP contribution in [0.15, 0.2) is 42.6 Å². The molecule has 0 saturated heterocycles. The third-order valence-corrected chi connectivity index (χ3v) is 8.30. The molecule has 0 atom stereocenters. The predicted octanol–water partition coefficient (Wildman–Crippen LogP) is 3.61. The van der Waals surface area contributed by atoms with Gasteiger partial charge in [0.25, 0.3) is 0 Å². The number of pyridine rings is 1. The molecule has 3 heterocycles. The zero-order chi connectivity index (χ0) is 19.5. The summed E-state index contributed by atoms with van der Waals surface area (Å²) in [6.07, 6.45) is 3.12. The Morgan fingerprint density at radius 1 is 1.18 bits per heavy atom. The summed E-state index contributed by atoms with van der Waals surface area (Å²) in [6, 6.07) is 11.6. The molecule has 1 aliphatic carbocycles. The standard InChI is InChI=1S/C19H21N5O2S2/c1-12(2)23-16-7-5-9-20-18(16)24(28(23,25)26)14-10-13(11-14)21-19-22-15-6-3-4-8-17(15)27-19/h3-9,12-14H,10-11H2,1-2H3,(H,21,22). The Hall–Kier alpha value is -2.39. The minimum atomic E-state index is -3.60. The number of thiazole rings is 1. The lowest BCUT2D eigenvalue weighted by molar-refractivity contribution is 0.373. The fraction of sp³-hybridized carbons (Fsp3) is 0.368. The lowest BCUT2D eigenvalue weighted by atomic mass is 9.87. The molecule has 0 radical (unpaired) electrons. The number of nitrogens with zero attached hydrogens (tertiary/aromatic N) is 4. The molecule has 0 unspecified atom stereocenters. The van der Waals surface area contributed by atoms with Crippen LogP contribution in [0.5, 0.6) is 0 Å². The normalized spacial score (nSPS) is 23.1. The molecule has 1 N–H and O–H groups in total. The fourth-order valence-electron chi connectivity index (χ4n) is 3.97. The molecule has 1 saturated carbocycles. The van der Waals surface area contributed by atoms with Gasteiger partial charge in [0.05, 0.1) is 21.9 Å². The van der Waals surface area contributed by atoms with Gasteiger partial charge in [-0.15, -0.1) is 0 Å². The van der Waals surface area contributed by atoms with Crippen LogP contribution in [0.1, 0.15) is 26.7 Å². The Morgan fingerprint density at radius 2 is 1.96 bits per heavy atom. The molecule has 3 aromatic rings. The summed E-state index contributed by atoms with van der Waals surface area (Å²) in [7, 11) is -3.60. The van der Waals surface area contributed by atoms with E-state index in [-0.39, 0.29) is 18.1 Å². The number of nitrogens with one attached hydrogen (secondary N) is 1. The molecule has 9 heteroatoms. The molecule has 1 fully saturated rings. The van der Waals surface area contributed by atoms with Crippen LogP contribution in [-0.4, -0.2) is 36.5 Å². The monoisotopic (exact) mass is 415 g/mol. The minimum Gasteiger partial charge on any atom is -0.359 e. The first-order valence-electron chi connectivity index (χ1n) is 9.36. The highest BCUT2D eigenvalue weighted by atomic mass is 32.2. The highest BCUT2D eigenvalue weighted by Gasteiger charge is 2.49. The van der Waals surface area contributed by atoms with Crippen LogP contribution in [0.3, 0.4) is 0 Å². The largest absolute Gasteiger partial charge is 0.359 e. The second-order valence-corrected chi connectivity index (χ2v) is 10.2. The van der Waals surface area contributed by atoms with Gasteiger partial charge in [0.15, 0.2) is 10.9 Å². The number of hydrogen-bond acceptors (Lipinski definition) is 6. The van der Waals surface area contributed by atoms with Crippen LogP contribution in [0, 0.1) is 0 Å². The highest BCUT2D eigenvalue weighted by Crippen LogP contribution is 2.45. The van der Waals surface area contributed by atoms with Gasteiger partial charge >= 0.3 is 10.2 Å². The molecule has 2 aliphatic rings. The first-order chi connectivity index (χ1) is 13.4. The van der Waals surface area contributed by atoms with Crippen molar-refractivity contribution in [3.63, 3.8) is 0 Å². The van der Waals surface area contributed by atoms with E-state index in [1.807, 2.05) is 38.1 Å². The van der Waals surface area contributed by atoms with Gasteiger partial charge in [0.1, 0.15) is 0 Å². The maximum Gasteiger partial charge on any atom is 0.328 e. The van der Waals surface area contributed by atoms with E-state index in [0.29, 0.717) is 11.5 Å². The van der Waals surface area contributed by atoms with Gasteiger partial charge in [-0.2, -0.15) is 8.42 Å². The van der Waals surface area contributed by atoms with E-state index in [1.165, 1.54) is 8.61 Å². The Balaban J connectivity index is 1.35. The SMILES string of the molecule is CC(C)N1c2cccnc2N(C2CC(Nc3nc4ccccc4s3)C2)S1(=O)=O. The van der Waals surface area contributed by atoms with E-state index in [1.54, 1.807) is 23.6 Å². The fourth-order valence-corrected chi connectivity index (χ4v) is 6.93. The van der Waals surface area contributed by atoms with E-state index < -0.39 is 10.2 Å². The maximum atomic E-state index is 13.2. The van der Waals surface area contributed by atoms with Crippen molar-refractivity contribution in [2.75, 3.05) is 13.9 Å². The topological polar surface area (TPSA) is 78.4 Å². The number of aromatic nitrogens is 2. The van der Waals surface area contributed by atoms with Crippen molar-refractivity contribution < 1.29 is 8.42 Å². The molecule has 1 aromatic carbocycles. The van der Waals surface area contributed by atoms with Crippen LogP contribution in [0.4, 0.5) is 16.6 Å². The Labute approximate surface area is 168 Å². The molecule has 28 heavy (non-hydrogen) atoms. The average Bonchev–Trinajstić information content (AvgIpc) is 3.12. The maximum absolute atomic E-state index is 13.2. The zero-order valence-electron chi connectivity index (χ0n) is 15.6. The molecule has 0 spiro atoms. The van der Waals surface area contributed by atoms with Crippen molar-refractivity contribution in [1.29, 1.82) is 0 Å². The quantitative estimate of drug-likeness (QED) is 0.704. The molecule has 7 nitrogen and oxygen atoms in total. The van der Waals surface area contributed by atoms with Gasteiger partial charge in [0.2, 0.25) is 0 Å². The lowest BCUT2D eigenvalue weighted by Crippen LogP contribution is -2.54. The van der Waals surface area contributed by atoms with Gasteiger partial charge in [-0.3, -0.25) is 0 Å². The summed E-state index contributed by atoms with van der Waals surface area (Å²) in [4.78, 5) is 9.00. The van der Waals surface area contributed by atoms with Crippen molar-refractivity contribution in [1.82, 2.24) is 9.97 Å². The van der Waals surface area contributed by atoms with Crippen molar-refractivity contribution in [3.05, 3.63) is 42.6 Å². The average molecular weight is 416 g/mol. The number of anilines is 3.